The lowest BCUT2D eigenvalue weighted by atomic mass is 10.1. The van der Waals surface area contributed by atoms with E-state index >= 15 is 0 Å². The van der Waals surface area contributed by atoms with Gasteiger partial charge in [0, 0.05) is 45.0 Å². The van der Waals surface area contributed by atoms with E-state index in [1.807, 2.05) is 0 Å². The summed E-state index contributed by atoms with van der Waals surface area (Å²) in [5.41, 5.74) is 5.19. The smallest absolute Gasteiger partial charge is 0.192 e. The minimum Gasteiger partial charge on any atom is -0.379 e. The molecule has 2 aromatic rings. The number of guanidine groups is 1. The van der Waals surface area contributed by atoms with E-state index in [2.05, 4.69) is 82.8 Å². The Morgan fingerprint density at radius 2 is 1.71 bits per heavy atom. The van der Waals surface area contributed by atoms with Crippen molar-refractivity contribution in [2.75, 3.05) is 50.8 Å². The number of nitrogens with zero attached hydrogens (tertiary/aromatic N) is 3. The predicted molar refractivity (Wildman–Crippen MR) is 152 cm³/mol. The molecule has 1 unspecified atom stereocenters. The van der Waals surface area contributed by atoms with Crippen LogP contribution in [0.3, 0.4) is 0 Å². The van der Waals surface area contributed by atoms with Crippen LogP contribution in [0.2, 0.25) is 0 Å². The molecule has 2 aliphatic heterocycles. The number of nitrogens with one attached hydrogen (secondary N) is 2. The van der Waals surface area contributed by atoms with Gasteiger partial charge in [0.2, 0.25) is 0 Å². The predicted octanol–water partition coefficient (Wildman–Crippen LogP) is 4.55. The summed E-state index contributed by atoms with van der Waals surface area (Å²) in [4.78, 5) is 9.78. The van der Waals surface area contributed by atoms with Gasteiger partial charge in [-0.2, -0.15) is 0 Å². The topological polar surface area (TPSA) is 52.1 Å². The van der Waals surface area contributed by atoms with Crippen molar-refractivity contribution < 1.29 is 4.74 Å². The second kappa shape index (κ2) is 13.9. The summed E-state index contributed by atoms with van der Waals surface area (Å²) in [6, 6.07) is 18.0. The van der Waals surface area contributed by atoms with Gasteiger partial charge in [-0.05, 0) is 55.5 Å². The molecule has 0 saturated carbocycles. The molecule has 6 nitrogen and oxygen atoms in total. The Bertz CT molecular complexity index is 892. The Morgan fingerprint density at radius 3 is 2.41 bits per heavy atom. The zero-order valence-electron chi connectivity index (χ0n) is 20.6. The minimum absolute atomic E-state index is 0. The largest absolute Gasteiger partial charge is 0.379 e. The highest BCUT2D eigenvalue weighted by molar-refractivity contribution is 14.0. The Morgan fingerprint density at radius 1 is 1.00 bits per heavy atom. The standard InChI is InChI=1S/C27H39N5O.HI/c1-3-28-27(30-22(2)25-7-6-8-26(19-25)32-13-4-5-14-32)29-20-23-9-11-24(12-10-23)21-31-15-17-33-18-16-31;/h6-12,19,22H,3-5,13-18,20-21H2,1-2H3,(H2,28,29,30);1H. The number of anilines is 1. The number of hydrogen-bond acceptors (Lipinski definition) is 4. The molecule has 0 spiro atoms. The molecule has 0 amide bonds. The Kier molecular flexibility index (Phi) is 10.9. The Labute approximate surface area is 222 Å². The first kappa shape index (κ1) is 26.8. The summed E-state index contributed by atoms with van der Waals surface area (Å²) >= 11 is 0. The lowest BCUT2D eigenvalue weighted by Crippen LogP contribution is -2.38. The van der Waals surface area contributed by atoms with Crippen LogP contribution in [0.5, 0.6) is 0 Å². The van der Waals surface area contributed by atoms with Crippen molar-refractivity contribution in [1.29, 1.82) is 0 Å². The monoisotopic (exact) mass is 577 g/mol. The van der Waals surface area contributed by atoms with E-state index in [9.17, 15) is 0 Å². The van der Waals surface area contributed by atoms with Gasteiger partial charge in [0.25, 0.3) is 0 Å². The van der Waals surface area contributed by atoms with E-state index in [0.717, 1.165) is 45.4 Å². The molecule has 2 heterocycles. The van der Waals surface area contributed by atoms with Crippen molar-refractivity contribution in [3.05, 3.63) is 65.2 Å². The summed E-state index contributed by atoms with van der Waals surface area (Å²) < 4.78 is 5.44. The van der Waals surface area contributed by atoms with Gasteiger partial charge in [0.05, 0.1) is 25.8 Å². The van der Waals surface area contributed by atoms with Crippen LogP contribution < -0.4 is 15.5 Å². The average Bonchev–Trinajstić information content (AvgIpc) is 3.39. The van der Waals surface area contributed by atoms with Crippen LogP contribution >= 0.6 is 24.0 Å². The molecule has 2 fully saturated rings. The van der Waals surface area contributed by atoms with Crippen molar-refractivity contribution >= 4 is 35.6 Å². The number of ether oxygens (including phenoxy) is 1. The number of benzene rings is 2. The molecular formula is C27H40IN5O. The van der Waals surface area contributed by atoms with Gasteiger partial charge in [0.15, 0.2) is 5.96 Å². The first-order chi connectivity index (χ1) is 16.2. The molecule has 0 bridgehead atoms. The van der Waals surface area contributed by atoms with Crippen molar-refractivity contribution in [3.8, 4) is 0 Å². The summed E-state index contributed by atoms with van der Waals surface area (Å²) in [5.74, 6) is 0.856. The Hall–Kier alpha value is -1.84. The molecule has 4 rings (SSSR count). The molecule has 1 atom stereocenters. The summed E-state index contributed by atoms with van der Waals surface area (Å²) in [6.45, 7) is 12.9. The van der Waals surface area contributed by atoms with Crippen molar-refractivity contribution in [3.63, 3.8) is 0 Å². The van der Waals surface area contributed by atoms with Crippen LogP contribution in [-0.4, -0.2) is 56.8 Å². The van der Waals surface area contributed by atoms with E-state index in [1.165, 1.54) is 48.3 Å². The van der Waals surface area contributed by atoms with Crippen molar-refractivity contribution in [2.24, 2.45) is 4.99 Å². The zero-order valence-corrected chi connectivity index (χ0v) is 23.0. The van der Waals surface area contributed by atoms with Crippen LogP contribution in [-0.2, 0) is 17.8 Å². The van der Waals surface area contributed by atoms with Gasteiger partial charge in [-0.3, -0.25) is 4.90 Å². The SMILES string of the molecule is CCNC(=NCc1ccc(CN2CCOCC2)cc1)NC(C)c1cccc(N2CCCC2)c1.I. The lowest BCUT2D eigenvalue weighted by Gasteiger charge is -2.26. The van der Waals surface area contributed by atoms with E-state index in [0.29, 0.717) is 6.54 Å². The van der Waals surface area contributed by atoms with Gasteiger partial charge in [-0.1, -0.05) is 36.4 Å². The minimum atomic E-state index is 0. The maximum absolute atomic E-state index is 5.44. The van der Waals surface area contributed by atoms with Gasteiger partial charge < -0.3 is 20.3 Å². The van der Waals surface area contributed by atoms with E-state index < -0.39 is 0 Å². The van der Waals surface area contributed by atoms with Crippen LogP contribution in [0.4, 0.5) is 5.69 Å². The molecule has 2 aliphatic rings. The summed E-state index contributed by atoms with van der Waals surface area (Å²) in [5, 5.41) is 6.99. The maximum atomic E-state index is 5.44. The molecule has 7 heteroatoms. The van der Waals surface area contributed by atoms with Crippen molar-refractivity contribution in [2.45, 2.75) is 45.8 Å². The number of rotatable bonds is 8. The third-order valence-corrected chi connectivity index (χ3v) is 6.49. The summed E-state index contributed by atoms with van der Waals surface area (Å²) in [6.07, 6.45) is 2.59. The number of morpholine rings is 1. The molecule has 0 aliphatic carbocycles. The van der Waals surface area contributed by atoms with E-state index in [1.54, 1.807) is 0 Å². The fourth-order valence-corrected chi connectivity index (χ4v) is 4.51. The second-order valence-corrected chi connectivity index (χ2v) is 9.06. The van der Waals surface area contributed by atoms with E-state index in [4.69, 9.17) is 9.73 Å². The highest BCUT2D eigenvalue weighted by Gasteiger charge is 2.15. The first-order valence-electron chi connectivity index (χ1n) is 12.5. The van der Waals surface area contributed by atoms with Gasteiger partial charge in [-0.25, -0.2) is 4.99 Å². The van der Waals surface area contributed by atoms with Gasteiger partial charge >= 0.3 is 0 Å². The average molecular weight is 578 g/mol. The van der Waals surface area contributed by atoms with Crippen molar-refractivity contribution in [1.82, 2.24) is 15.5 Å². The van der Waals surface area contributed by atoms with Crippen LogP contribution in [0.1, 0.15) is 49.4 Å². The molecular weight excluding hydrogens is 537 g/mol. The number of hydrogen-bond donors (Lipinski definition) is 2. The molecule has 186 valence electrons. The van der Waals surface area contributed by atoms with Crippen LogP contribution in [0, 0.1) is 0 Å². The van der Waals surface area contributed by atoms with Crippen LogP contribution in [0.15, 0.2) is 53.5 Å². The zero-order chi connectivity index (χ0) is 22.9. The van der Waals surface area contributed by atoms with E-state index in [-0.39, 0.29) is 30.0 Å². The number of halogens is 1. The van der Waals surface area contributed by atoms with Gasteiger partial charge in [-0.15, -0.1) is 24.0 Å². The van der Waals surface area contributed by atoms with Gasteiger partial charge in [0.1, 0.15) is 0 Å². The molecule has 34 heavy (non-hydrogen) atoms. The maximum Gasteiger partial charge on any atom is 0.192 e. The molecule has 0 aromatic heterocycles. The quantitative estimate of drug-likeness (QED) is 0.274. The molecule has 0 radical (unpaired) electrons. The third kappa shape index (κ3) is 7.85. The molecule has 2 aromatic carbocycles. The normalized spacial score (nSPS) is 17.8. The Balaban J connectivity index is 0.00000324. The third-order valence-electron chi connectivity index (χ3n) is 6.49. The van der Waals surface area contributed by atoms with Crippen LogP contribution in [0.25, 0.3) is 0 Å². The fraction of sp³-hybridized carbons (Fsp3) is 0.519. The number of aliphatic imine (C=N–C) groups is 1. The lowest BCUT2D eigenvalue weighted by molar-refractivity contribution is 0.0342. The fourth-order valence-electron chi connectivity index (χ4n) is 4.51. The first-order valence-corrected chi connectivity index (χ1v) is 12.5. The highest BCUT2D eigenvalue weighted by Crippen LogP contribution is 2.24. The highest BCUT2D eigenvalue weighted by atomic mass is 127. The second-order valence-electron chi connectivity index (χ2n) is 9.06. The molecule has 2 N–H and O–H groups in total. The summed E-state index contributed by atoms with van der Waals surface area (Å²) in [7, 11) is 0. The molecule has 2 saturated heterocycles.